The molecule has 2 heteroatoms. The van der Waals surface area contributed by atoms with Gasteiger partial charge in [0.05, 0.1) is 18.5 Å². The maximum absolute atomic E-state index is 3.40. The van der Waals surface area contributed by atoms with Crippen molar-refractivity contribution in [1.82, 2.24) is 0 Å². The van der Waals surface area contributed by atoms with Crippen molar-refractivity contribution in [2.75, 3.05) is 18.5 Å². The van der Waals surface area contributed by atoms with Crippen LogP contribution in [0.3, 0.4) is 0 Å². The molecule has 0 saturated carbocycles. The van der Waals surface area contributed by atoms with Gasteiger partial charge in [0.15, 0.2) is 0 Å². The summed E-state index contributed by atoms with van der Waals surface area (Å²) in [5.74, 6) is 0. The molecule has 0 aliphatic rings. The van der Waals surface area contributed by atoms with Crippen LogP contribution in [-0.2, 0) is 0 Å². The van der Waals surface area contributed by atoms with Crippen molar-refractivity contribution < 1.29 is 0 Å². The molecular weight excluding hydrogens is 462 g/mol. The first-order valence-corrected chi connectivity index (χ1v) is 16.6. The van der Waals surface area contributed by atoms with Crippen LogP contribution in [0.2, 0.25) is 0 Å². The number of unbranched alkanes of at least 4 members (excludes halogenated alkanes) is 15. The van der Waals surface area contributed by atoms with Gasteiger partial charge >= 0.3 is 33.2 Å². The average Bonchev–Trinajstić information content (AvgIpc) is 2.69. The van der Waals surface area contributed by atoms with Crippen LogP contribution in [0.15, 0.2) is 10.7 Å². The fourth-order valence-electron chi connectivity index (χ4n) is 3.84. The third kappa shape index (κ3) is 29.2. The van der Waals surface area contributed by atoms with E-state index in [1.165, 1.54) is 119 Å². The summed E-state index contributed by atoms with van der Waals surface area (Å²) < 4.78 is 1.84. The zero-order valence-corrected chi connectivity index (χ0v) is 24.0. The first-order valence-electron chi connectivity index (χ1n) is 12.9. The van der Waals surface area contributed by atoms with E-state index in [1.807, 2.05) is 4.09 Å². The number of hydrogen-bond acceptors (Lipinski definition) is 0. The minimum absolute atomic E-state index is 0.0222. The second-order valence-corrected chi connectivity index (χ2v) is 12.7. The molecule has 0 heterocycles. The van der Waals surface area contributed by atoms with Crippen LogP contribution in [0.1, 0.15) is 136 Å². The largest absolute Gasteiger partial charge is 0.0654 e. The minimum Gasteiger partial charge on any atom is -0.0654 e. The molecular formula is C26H55PSn+. The van der Waals surface area contributed by atoms with E-state index in [-0.39, 0.29) is 7.92 Å². The zero-order valence-electron chi connectivity index (χ0n) is 20.1. The summed E-state index contributed by atoms with van der Waals surface area (Å²) in [5, 5.41) is 0. The Morgan fingerprint density at radius 1 is 0.500 bits per heavy atom. The van der Waals surface area contributed by atoms with Crippen molar-refractivity contribution in [3.63, 3.8) is 0 Å². The molecule has 0 aromatic carbocycles. The van der Waals surface area contributed by atoms with E-state index in [4.69, 9.17) is 0 Å². The molecule has 0 aliphatic carbocycles. The van der Waals surface area contributed by atoms with E-state index in [2.05, 4.69) is 27.4 Å². The van der Waals surface area contributed by atoms with Crippen LogP contribution in [-0.4, -0.2) is 41.0 Å². The first-order chi connectivity index (χ1) is 13.8. The summed E-state index contributed by atoms with van der Waals surface area (Å²) in [4.78, 5) is 0. The average molecular weight is 517 g/mol. The van der Waals surface area contributed by atoms with Gasteiger partial charge in [0.2, 0.25) is 0 Å². The van der Waals surface area contributed by atoms with Gasteiger partial charge in [-0.15, -0.1) is 0 Å². The summed E-state index contributed by atoms with van der Waals surface area (Å²) in [6.07, 6.45) is 31.5. The Labute approximate surface area is 195 Å². The van der Waals surface area contributed by atoms with E-state index >= 15 is 0 Å². The fourth-order valence-corrected chi connectivity index (χ4v) is 6.84. The molecule has 0 amide bonds. The van der Waals surface area contributed by atoms with Crippen molar-refractivity contribution in [1.29, 1.82) is 0 Å². The summed E-state index contributed by atoms with van der Waals surface area (Å²) >= 11 is 1.40. The maximum Gasteiger partial charge on any atom is 0.0571 e. The molecule has 28 heavy (non-hydrogen) atoms. The van der Waals surface area contributed by atoms with Crippen molar-refractivity contribution in [2.24, 2.45) is 0 Å². The maximum atomic E-state index is 3.40. The Balaban J connectivity index is 0. The summed E-state index contributed by atoms with van der Waals surface area (Å²) in [6.45, 7) is 10.4. The Morgan fingerprint density at radius 3 is 0.964 bits per heavy atom. The molecule has 0 nitrogen and oxygen atoms in total. The van der Waals surface area contributed by atoms with Crippen LogP contribution >= 0.6 is 7.92 Å². The molecule has 0 unspecified atom stereocenters. The zero-order chi connectivity index (χ0) is 21.1. The van der Waals surface area contributed by atoms with Gasteiger partial charge in [-0.05, 0) is 38.5 Å². The Morgan fingerprint density at radius 2 is 0.714 bits per heavy atom. The van der Waals surface area contributed by atoms with Crippen LogP contribution in [0.4, 0.5) is 0 Å². The Kier molecular flexibility index (Phi) is 33.6. The quantitative estimate of drug-likeness (QED) is 0.0808. The number of rotatable bonds is 21. The molecule has 0 aliphatic heterocycles. The molecule has 0 N–H and O–H groups in total. The Hall–Kier alpha value is 0.969. The van der Waals surface area contributed by atoms with Gasteiger partial charge < -0.3 is 0 Å². The SMILES string of the molecule is C=[CH][Sn].CCCCCCCC[PH+](CCCCCCCC)CCCCCCCC. The van der Waals surface area contributed by atoms with Crippen molar-refractivity contribution in [2.45, 2.75) is 136 Å². The molecule has 0 saturated heterocycles. The predicted octanol–water partition coefficient (Wildman–Crippen LogP) is 9.58. The van der Waals surface area contributed by atoms with E-state index in [0.717, 1.165) is 0 Å². The van der Waals surface area contributed by atoms with Gasteiger partial charge in [-0.25, -0.2) is 0 Å². The van der Waals surface area contributed by atoms with Gasteiger partial charge in [-0.1, -0.05) is 97.8 Å². The molecule has 0 bridgehead atoms. The van der Waals surface area contributed by atoms with Crippen LogP contribution < -0.4 is 0 Å². The smallest absolute Gasteiger partial charge is 0.0571 e. The van der Waals surface area contributed by atoms with Crippen molar-refractivity contribution in [3.8, 4) is 0 Å². The third-order valence-corrected chi connectivity index (χ3v) is 8.83. The summed E-state index contributed by atoms with van der Waals surface area (Å²) in [7, 11) is -0.0222. The van der Waals surface area contributed by atoms with E-state index < -0.39 is 0 Å². The normalized spacial score (nSPS) is 10.8. The second-order valence-electron chi connectivity index (χ2n) is 8.51. The van der Waals surface area contributed by atoms with Crippen LogP contribution in [0, 0.1) is 0 Å². The predicted molar refractivity (Wildman–Crippen MR) is 139 cm³/mol. The Bertz CT molecular complexity index is 229. The third-order valence-electron chi connectivity index (χ3n) is 5.65. The second kappa shape index (κ2) is 30.2. The topological polar surface area (TPSA) is 0 Å². The van der Waals surface area contributed by atoms with Gasteiger partial charge in [-0.3, -0.25) is 0 Å². The first kappa shape index (κ1) is 31.2. The van der Waals surface area contributed by atoms with E-state index in [9.17, 15) is 0 Å². The molecule has 0 spiro atoms. The van der Waals surface area contributed by atoms with E-state index in [1.54, 1.807) is 37.7 Å². The molecule has 0 aromatic heterocycles. The number of hydrogen-bond donors (Lipinski definition) is 0. The summed E-state index contributed by atoms with van der Waals surface area (Å²) in [6, 6.07) is 0. The molecule has 3 radical (unpaired) electrons. The van der Waals surface area contributed by atoms with Gasteiger partial charge in [0.25, 0.3) is 0 Å². The van der Waals surface area contributed by atoms with Gasteiger partial charge in [0, 0.05) is 7.92 Å². The summed E-state index contributed by atoms with van der Waals surface area (Å²) in [5.41, 5.74) is 0. The van der Waals surface area contributed by atoms with Crippen LogP contribution in [0.5, 0.6) is 0 Å². The molecule has 167 valence electrons. The van der Waals surface area contributed by atoms with Crippen molar-refractivity contribution >= 4 is 30.4 Å². The standard InChI is InChI=1S/C24H51P.C2H3.Sn/c1-4-7-10-13-16-19-22-25(23-20-17-14-11-8-5-2)24-21-18-15-12-9-6-3;1-2;/h4-24H2,1-3H3;1H,2H2;/p+1. The monoisotopic (exact) mass is 518 g/mol. The molecule has 0 fully saturated rings. The fraction of sp³-hybridized carbons (Fsp3) is 0.923. The van der Waals surface area contributed by atoms with Gasteiger partial charge in [-0.2, -0.15) is 0 Å². The molecule has 0 rings (SSSR count). The van der Waals surface area contributed by atoms with E-state index in [0.29, 0.717) is 0 Å². The molecule has 0 aromatic rings. The van der Waals surface area contributed by atoms with Crippen molar-refractivity contribution in [3.05, 3.63) is 10.7 Å². The molecule has 0 atom stereocenters. The van der Waals surface area contributed by atoms with Crippen LogP contribution in [0.25, 0.3) is 0 Å². The van der Waals surface area contributed by atoms with Gasteiger partial charge in [0.1, 0.15) is 0 Å². The minimum atomic E-state index is -0.0222.